The van der Waals surface area contributed by atoms with Crippen molar-refractivity contribution in [3.8, 4) is 0 Å². The summed E-state index contributed by atoms with van der Waals surface area (Å²) in [6.07, 6.45) is 0. The van der Waals surface area contributed by atoms with Crippen molar-refractivity contribution in [3.05, 3.63) is 34.6 Å². The second-order valence-corrected chi connectivity index (χ2v) is 4.80. The molecule has 0 spiro atoms. The van der Waals surface area contributed by atoms with E-state index in [2.05, 4.69) is 5.32 Å². The van der Waals surface area contributed by atoms with Gasteiger partial charge in [0.1, 0.15) is 5.82 Å². The molecule has 0 saturated carbocycles. The molecule has 7 heteroatoms. The summed E-state index contributed by atoms with van der Waals surface area (Å²) >= 11 is 5.56. The smallest absolute Gasteiger partial charge is 0.312 e. The minimum Gasteiger partial charge on any atom is -0.312 e. The van der Waals surface area contributed by atoms with Gasteiger partial charge in [-0.2, -0.15) is 13.2 Å². The van der Waals surface area contributed by atoms with E-state index in [0.29, 0.717) is 10.6 Å². The van der Waals surface area contributed by atoms with Gasteiger partial charge in [0.2, 0.25) is 0 Å². The Bertz CT molecular complexity index is 370. The molecule has 0 amide bonds. The highest BCUT2D eigenvalue weighted by atomic mass is 35.5. The van der Waals surface area contributed by atoms with Crippen LogP contribution in [0.15, 0.2) is 18.2 Å². The van der Waals surface area contributed by atoms with E-state index in [-0.39, 0.29) is 30.6 Å². The quantitative estimate of drug-likeness (QED) is 0.653. The highest BCUT2D eigenvalue weighted by molar-refractivity contribution is 8.00. The molecule has 0 aliphatic heterocycles. The summed E-state index contributed by atoms with van der Waals surface area (Å²) in [6.45, 7) is 0.306. The number of thioether (sulfide) groups is 1. The van der Waals surface area contributed by atoms with Crippen molar-refractivity contribution in [3.63, 3.8) is 0 Å². The van der Waals surface area contributed by atoms with Crippen molar-refractivity contribution in [2.45, 2.75) is 12.1 Å². The lowest BCUT2D eigenvalue weighted by Gasteiger charge is -2.07. The number of hydrogen-bond donors (Lipinski definition) is 1. The van der Waals surface area contributed by atoms with E-state index in [0.717, 1.165) is 0 Å². The first-order valence-electron chi connectivity index (χ1n) is 4.74. The zero-order chi connectivity index (χ0) is 12.9. The van der Waals surface area contributed by atoms with Crippen LogP contribution in [0, 0.1) is 5.82 Å². The molecular weight excluding hydrogens is 278 g/mol. The molecule has 0 radical (unpaired) electrons. The SMILES string of the molecule is Fc1ccc(Cl)cc1CNCCSC(F)(F)F. The third-order valence-electron chi connectivity index (χ3n) is 1.87. The Hall–Kier alpha value is -0.460. The molecule has 0 aliphatic rings. The van der Waals surface area contributed by atoms with Crippen molar-refractivity contribution in [1.29, 1.82) is 0 Å². The van der Waals surface area contributed by atoms with Crippen LogP contribution in [0.4, 0.5) is 17.6 Å². The molecule has 0 atom stereocenters. The lowest BCUT2D eigenvalue weighted by molar-refractivity contribution is -0.0327. The Balaban J connectivity index is 2.29. The van der Waals surface area contributed by atoms with Crippen molar-refractivity contribution < 1.29 is 17.6 Å². The Kier molecular flexibility index (Phi) is 5.55. The second kappa shape index (κ2) is 6.47. The van der Waals surface area contributed by atoms with E-state index in [1.807, 2.05) is 0 Å². The zero-order valence-electron chi connectivity index (χ0n) is 8.65. The summed E-state index contributed by atoms with van der Waals surface area (Å²) in [5, 5.41) is 3.12. The van der Waals surface area contributed by atoms with Crippen molar-refractivity contribution in [1.82, 2.24) is 5.32 Å². The fraction of sp³-hybridized carbons (Fsp3) is 0.400. The minimum absolute atomic E-state index is 0.105. The van der Waals surface area contributed by atoms with Gasteiger partial charge in [0, 0.05) is 29.4 Å². The third kappa shape index (κ3) is 6.14. The summed E-state index contributed by atoms with van der Waals surface area (Å²) in [7, 11) is 0. The lowest BCUT2D eigenvalue weighted by atomic mass is 10.2. The van der Waals surface area contributed by atoms with Gasteiger partial charge in [-0.1, -0.05) is 11.6 Å². The molecule has 1 aromatic carbocycles. The first-order valence-corrected chi connectivity index (χ1v) is 6.10. The molecular formula is C10H10ClF4NS. The van der Waals surface area contributed by atoms with Gasteiger partial charge >= 0.3 is 5.51 Å². The molecule has 1 N–H and O–H groups in total. The second-order valence-electron chi connectivity index (χ2n) is 3.21. The summed E-state index contributed by atoms with van der Waals surface area (Å²) in [5.74, 6) is -0.531. The van der Waals surface area contributed by atoms with E-state index >= 15 is 0 Å². The van der Waals surface area contributed by atoms with Crippen molar-refractivity contribution in [2.75, 3.05) is 12.3 Å². The van der Waals surface area contributed by atoms with Gasteiger partial charge in [-0.15, -0.1) is 0 Å². The van der Waals surface area contributed by atoms with E-state index in [1.165, 1.54) is 18.2 Å². The normalized spacial score (nSPS) is 11.8. The van der Waals surface area contributed by atoms with Gasteiger partial charge in [0.25, 0.3) is 0 Å². The molecule has 1 rings (SSSR count). The molecule has 0 bridgehead atoms. The number of benzene rings is 1. The van der Waals surface area contributed by atoms with Gasteiger partial charge in [-0.05, 0) is 30.0 Å². The van der Waals surface area contributed by atoms with Crippen LogP contribution in [-0.4, -0.2) is 17.8 Å². The topological polar surface area (TPSA) is 12.0 Å². The summed E-state index contributed by atoms with van der Waals surface area (Å²) in [6, 6.07) is 4.09. The average molecular weight is 288 g/mol. The molecule has 0 unspecified atom stereocenters. The fourth-order valence-corrected chi connectivity index (χ4v) is 1.81. The van der Waals surface area contributed by atoms with Crippen LogP contribution < -0.4 is 5.32 Å². The number of halogens is 5. The van der Waals surface area contributed by atoms with E-state index in [1.54, 1.807) is 0 Å². The number of nitrogens with one attached hydrogen (secondary N) is 1. The molecule has 1 aromatic rings. The molecule has 0 saturated heterocycles. The van der Waals surface area contributed by atoms with Gasteiger partial charge in [0.15, 0.2) is 0 Å². The van der Waals surface area contributed by atoms with Crippen LogP contribution in [0.1, 0.15) is 5.56 Å². The molecule has 0 fully saturated rings. The van der Waals surface area contributed by atoms with Crippen LogP contribution in [0.5, 0.6) is 0 Å². The Morgan fingerprint density at radius 1 is 1.29 bits per heavy atom. The largest absolute Gasteiger partial charge is 0.441 e. The molecule has 0 heterocycles. The highest BCUT2D eigenvalue weighted by Gasteiger charge is 2.27. The van der Waals surface area contributed by atoms with Crippen LogP contribution in [0.25, 0.3) is 0 Å². The monoisotopic (exact) mass is 287 g/mol. The molecule has 17 heavy (non-hydrogen) atoms. The predicted molar refractivity (Wildman–Crippen MR) is 61.6 cm³/mol. The van der Waals surface area contributed by atoms with Crippen LogP contribution in [0.2, 0.25) is 5.02 Å². The summed E-state index contributed by atoms with van der Waals surface area (Å²) < 4.78 is 48.5. The van der Waals surface area contributed by atoms with E-state index < -0.39 is 11.3 Å². The van der Waals surface area contributed by atoms with Crippen LogP contribution in [-0.2, 0) is 6.54 Å². The van der Waals surface area contributed by atoms with Crippen LogP contribution in [0.3, 0.4) is 0 Å². The maximum Gasteiger partial charge on any atom is 0.441 e. The minimum atomic E-state index is -4.22. The zero-order valence-corrected chi connectivity index (χ0v) is 10.2. The number of alkyl halides is 3. The predicted octanol–water partition coefficient (Wildman–Crippen LogP) is 3.82. The standard InChI is InChI=1S/C10H10ClF4NS/c11-8-1-2-9(12)7(5-8)6-16-3-4-17-10(13,14)15/h1-2,5,16H,3-4,6H2. The average Bonchev–Trinajstić information content (AvgIpc) is 2.21. The molecule has 0 aliphatic carbocycles. The molecule has 96 valence electrons. The maximum atomic E-state index is 13.2. The first kappa shape index (κ1) is 14.6. The van der Waals surface area contributed by atoms with E-state index in [4.69, 9.17) is 11.6 Å². The maximum absolute atomic E-state index is 13.2. The lowest BCUT2D eigenvalue weighted by Crippen LogP contribution is -2.19. The van der Waals surface area contributed by atoms with Crippen molar-refractivity contribution in [2.24, 2.45) is 0 Å². The van der Waals surface area contributed by atoms with E-state index in [9.17, 15) is 17.6 Å². The summed E-state index contributed by atoms with van der Waals surface area (Å²) in [4.78, 5) is 0. The van der Waals surface area contributed by atoms with Gasteiger partial charge in [0.05, 0.1) is 0 Å². The third-order valence-corrected chi connectivity index (χ3v) is 2.84. The van der Waals surface area contributed by atoms with Gasteiger partial charge < -0.3 is 5.32 Å². The Morgan fingerprint density at radius 3 is 2.65 bits per heavy atom. The van der Waals surface area contributed by atoms with Crippen molar-refractivity contribution >= 4 is 23.4 Å². The highest BCUT2D eigenvalue weighted by Crippen LogP contribution is 2.29. The molecule has 1 nitrogen and oxygen atoms in total. The first-order chi connectivity index (χ1) is 7.88. The Morgan fingerprint density at radius 2 is 2.00 bits per heavy atom. The number of hydrogen-bond acceptors (Lipinski definition) is 2. The van der Waals surface area contributed by atoms with Gasteiger partial charge in [-0.25, -0.2) is 4.39 Å². The van der Waals surface area contributed by atoms with Gasteiger partial charge in [-0.3, -0.25) is 0 Å². The fourth-order valence-electron chi connectivity index (χ4n) is 1.14. The molecule has 0 aromatic heterocycles. The Labute approximate surface area is 106 Å². The van der Waals surface area contributed by atoms with Crippen LogP contribution >= 0.6 is 23.4 Å². The number of rotatable bonds is 5. The summed E-state index contributed by atoms with van der Waals surface area (Å²) in [5.41, 5.74) is -3.88.